The van der Waals surface area contributed by atoms with Crippen LogP contribution in [0.3, 0.4) is 0 Å². The van der Waals surface area contributed by atoms with Crippen molar-refractivity contribution in [1.82, 2.24) is 20.3 Å². The maximum Gasteiger partial charge on any atom is 0.273 e. The van der Waals surface area contributed by atoms with Gasteiger partial charge < -0.3 is 10.2 Å². The summed E-state index contributed by atoms with van der Waals surface area (Å²) in [5.41, 5.74) is 9.44. The Morgan fingerprint density at radius 3 is 2.60 bits per heavy atom. The third-order valence-corrected chi connectivity index (χ3v) is 8.88. The third-order valence-electron chi connectivity index (χ3n) is 8.88. The van der Waals surface area contributed by atoms with Gasteiger partial charge in [0.05, 0.1) is 17.5 Å². The lowest BCUT2D eigenvalue weighted by molar-refractivity contribution is 0.0956. The molecule has 0 spiro atoms. The number of carbonyl (C=O) groups is 2. The van der Waals surface area contributed by atoms with Crippen molar-refractivity contribution in [1.29, 1.82) is 0 Å². The van der Waals surface area contributed by atoms with Crippen LogP contribution in [0.5, 0.6) is 0 Å². The second kappa shape index (κ2) is 14.1. The molecule has 2 aromatic heterocycles. The Hall–Kier alpha value is -5.48. The van der Waals surface area contributed by atoms with Gasteiger partial charge in [-0.25, -0.2) is 19.8 Å². The molecule has 5 aromatic rings. The molecule has 242 valence electrons. The van der Waals surface area contributed by atoms with Crippen LogP contribution in [0.25, 0.3) is 11.0 Å². The summed E-state index contributed by atoms with van der Waals surface area (Å²) in [5.74, 6) is -1.11. The van der Waals surface area contributed by atoms with E-state index in [4.69, 9.17) is 4.98 Å². The molecule has 0 unspecified atom stereocenters. The molecule has 2 aliphatic heterocycles. The standard InChI is InChI=1S/C38H36FN7O2/c39-31-11-9-26(10-12-31)23-41-44-38(48)33-22-32(46-17-2-1-3-18-46)13-14-35(33)43-37(47)29-7-4-6-27(20-29)24-45-19-15-34-30(25-45)21-28-8-5-16-40-36(28)42-34/h4-14,16,20-23H,1-3,15,17-19,24-25H2,(H,43,47)(H,44,48). The molecule has 2 amide bonds. The minimum atomic E-state index is -0.459. The Kier molecular flexibility index (Phi) is 9.15. The summed E-state index contributed by atoms with van der Waals surface area (Å²) in [4.78, 5) is 40.8. The highest BCUT2D eigenvalue weighted by Gasteiger charge is 2.21. The number of halogens is 1. The first-order valence-corrected chi connectivity index (χ1v) is 16.3. The number of nitrogens with zero attached hydrogens (tertiary/aromatic N) is 5. The molecule has 0 aliphatic carbocycles. The number of hydrogen-bond acceptors (Lipinski definition) is 7. The zero-order chi connectivity index (χ0) is 32.9. The van der Waals surface area contributed by atoms with Crippen molar-refractivity contribution >= 4 is 40.4 Å². The quantitative estimate of drug-likeness (QED) is 0.152. The van der Waals surface area contributed by atoms with E-state index in [-0.39, 0.29) is 11.7 Å². The van der Waals surface area contributed by atoms with E-state index < -0.39 is 5.91 Å². The Labute approximate surface area is 278 Å². The normalized spacial score (nSPS) is 15.0. The van der Waals surface area contributed by atoms with Crippen LogP contribution in [-0.4, -0.2) is 52.5 Å². The van der Waals surface area contributed by atoms with Crippen molar-refractivity contribution in [3.63, 3.8) is 0 Å². The van der Waals surface area contributed by atoms with E-state index in [1.807, 2.05) is 42.5 Å². The monoisotopic (exact) mass is 641 g/mol. The number of benzene rings is 3. The summed E-state index contributed by atoms with van der Waals surface area (Å²) >= 11 is 0. The summed E-state index contributed by atoms with van der Waals surface area (Å²) < 4.78 is 13.3. The Bertz CT molecular complexity index is 1990. The summed E-state index contributed by atoms with van der Waals surface area (Å²) in [5, 5.41) is 8.09. The highest BCUT2D eigenvalue weighted by Crippen LogP contribution is 2.27. The predicted octanol–water partition coefficient (Wildman–Crippen LogP) is 6.33. The molecule has 4 heterocycles. The molecular formula is C38H36FN7O2. The molecular weight excluding hydrogens is 605 g/mol. The number of carbonyl (C=O) groups excluding carboxylic acids is 2. The average Bonchev–Trinajstić information content (AvgIpc) is 3.12. The minimum Gasteiger partial charge on any atom is -0.372 e. The molecule has 7 rings (SSSR count). The van der Waals surface area contributed by atoms with Crippen molar-refractivity contribution in [2.45, 2.75) is 38.8 Å². The first-order valence-electron chi connectivity index (χ1n) is 16.3. The number of fused-ring (bicyclic) bond motifs is 2. The van der Waals surface area contributed by atoms with E-state index in [0.29, 0.717) is 28.9 Å². The third kappa shape index (κ3) is 7.24. The zero-order valence-electron chi connectivity index (χ0n) is 26.5. The van der Waals surface area contributed by atoms with Crippen LogP contribution in [-0.2, 0) is 19.5 Å². The Morgan fingerprint density at radius 1 is 0.896 bits per heavy atom. The fourth-order valence-corrected chi connectivity index (χ4v) is 6.37. The van der Waals surface area contributed by atoms with Gasteiger partial charge >= 0.3 is 0 Å². The van der Waals surface area contributed by atoms with Gasteiger partial charge in [-0.15, -0.1) is 0 Å². The highest BCUT2D eigenvalue weighted by atomic mass is 19.1. The van der Waals surface area contributed by atoms with Crippen molar-refractivity contribution in [3.8, 4) is 0 Å². The largest absolute Gasteiger partial charge is 0.372 e. The maximum atomic E-state index is 13.6. The van der Waals surface area contributed by atoms with Gasteiger partial charge in [0.25, 0.3) is 11.8 Å². The average molecular weight is 642 g/mol. The Morgan fingerprint density at radius 2 is 1.75 bits per heavy atom. The number of aromatic nitrogens is 2. The van der Waals surface area contributed by atoms with Gasteiger partial charge in [0.1, 0.15) is 5.82 Å². The van der Waals surface area contributed by atoms with Crippen LogP contribution in [0, 0.1) is 5.82 Å². The zero-order valence-corrected chi connectivity index (χ0v) is 26.5. The molecule has 0 radical (unpaired) electrons. The number of nitrogens with one attached hydrogen (secondary N) is 2. The number of hydrogen-bond donors (Lipinski definition) is 2. The molecule has 10 heteroatoms. The van der Waals surface area contributed by atoms with Crippen molar-refractivity contribution in [2.24, 2.45) is 5.10 Å². The summed E-state index contributed by atoms with van der Waals surface area (Å²) in [6.45, 7) is 4.15. The molecule has 9 nitrogen and oxygen atoms in total. The van der Waals surface area contributed by atoms with Crippen LogP contribution >= 0.6 is 0 Å². The topological polar surface area (TPSA) is 103 Å². The van der Waals surface area contributed by atoms with Crippen LogP contribution in [0.1, 0.15) is 62.4 Å². The number of anilines is 2. The van der Waals surface area contributed by atoms with Gasteiger partial charge in [0, 0.05) is 67.7 Å². The second-order valence-electron chi connectivity index (χ2n) is 12.3. The van der Waals surface area contributed by atoms with E-state index in [1.165, 1.54) is 30.3 Å². The van der Waals surface area contributed by atoms with Gasteiger partial charge in [-0.1, -0.05) is 24.3 Å². The highest BCUT2D eigenvalue weighted by molar-refractivity contribution is 6.09. The number of rotatable bonds is 8. The fraction of sp³-hybridized carbons (Fsp3) is 0.237. The smallest absolute Gasteiger partial charge is 0.273 e. The lowest BCUT2D eigenvalue weighted by Gasteiger charge is -2.29. The van der Waals surface area contributed by atoms with E-state index in [2.05, 4.69) is 36.7 Å². The van der Waals surface area contributed by atoms with Gasteiger partial charge in [-0.2, -0.15) is 5.10 Å². The molecule has 0 atom stereocenters. The first-order chi connectivity index (χ1) is 23.5. The van der Waals surface area contributed by atoms with Crippen molar-refractivity contribution in [2.75, 3.05) is 29.9 Å². The number of pyridine rings is 2. The van der Waals surface area contributed by atoms with E-state index >= 15 is 0 Å². The fourth-order valence-electron chi connectivity index (χ4n) is 6.37. The molecule has 48 heavy (non-hydrogen) atoms. The first kappa shape index (κ1) is 31.1. The molecule has 1 saturated heterocycles. The van der Waals surface area contributed by atoms with E-state index in [1.54, 1.807) is 30.5 Å². The number of hydrazone groups is 1. The predicted molar refractivity (Wildman–Crippen MR) is 186 cm³/mol. The second-order valence-corrected chi connectivity index (χ2v) is 12.3. The van der Waals surface area contributed by atoms with Gasteiger partial charge in [-0.05, 0) is 96.6 Å². The number of piperidine rings is 1. The molecule has 0 bridgehead atoms. The molecule has 1 fully saturated rings. The van der Waals surface area contributed by atoms with Crippen LogP contribution in [0.15, 0.2) is 96.2 Å². The molecule has 2 N–H and O–H groups in total. The minimum absolute atomic E-state index is 0.307. The summed E-state index contributed by atoms with van der Waals surface area (Å²) in [6.07, 6.45) is 7.43. The van der Waals surface area contributed by atoms with Crippen LogP contribution < -0.4 is 15.6 Å². The lowest BCUT2D eigenvalue weighted by atomic mass is 10.0. The summed E-state index contributed by atoms with van der Waals surface area (Å²) in [7, 11) is 0. The Balaban J connectivity index is 1.06. The van der Waals surface area contributed by atoms with Crippen LogP contribution in [0.2, 0.25) is 0 Å². The maximum absolute atomic E-state index is 13.6. The molecule has 0 saturated carbocycles. The van der Waals surface area contributed by atoms with Crippen molar-refractivity contribution in [3.05, 3.63) is 130 Å². The van der Waals surface area contributed by atoms with Crippen molar-refractivity contribution < 1.29 is 14.0 Å². The van der Waals surface area contributed by atoms with E-state index in [0.717, 1.165) is 73.4 Å². The van der Waals surface area contributed by atoms with Gasteiger partial charge in [0.2, 0.25) is 0 Å². The lowest BCUT2D eigenvalue weighted by Crippen LogP contribution is -2.30. The number of amides is 2. The SMILES string of the molecule is O=C(Nc1ccc(N2CCCCC2)cc1C(=O)NN=Cc1ccc(F)cc1)c1cccc(CN2CCc3nc4ncccc4cc3C2)c1. The van der Waals surface area contributed by atoms with Gasteiger partial charge in [0.15, 0.2) is 5.65 Å². The molecule has 3 aromatic carbocycles. The van der Waals surface area contributed by atoms with Crippen LogP contribution in [0.4, 0.5) is 15.8 Å². The van der Waals surface area contributed by atoms with E-state index in [9.17, 15) is 14.0 Å². The summed E-state index contributed by atoms with van der Waals surface area (Å²) in [6, 6.07) is 25.1. The molecule has 2 aliphatic rings. The van der Waals surface area contributed by atoms with Gasteiger partial charge in [-0.3, -0.25) is 14.5 Å².